The van der Waals surface area contributed by atoms with Gasteiger partial charge in [-0.15, -0.1) is 11.3 Å². The van der Waals surface area contributed by atoms with Gasteiger partial charge in [-0.3, -0.25) is 0 Å². The molecule has 1 aromatic rings. The molecule has 2 N–H and O–H groups in total. The second-order valence-electron chi connectivity index (χ2n) is 4.78. The maximum absolute atomic E-state index is 6.20. The van der Waals surface area contributed by atoms with Crippen molar-refractivity contribution in [3.63, 3.8) is 0 Å². The molecular weight excluding hydrogens is 202 g/mol. The summed E-state index contributed by atoms with van der Waals surface area (Å²) in [5, 5.41) is 2.14. The van der Waals surface area contributed by atoms with Crippen molar-refractivity contribution in [3.05, 3.63) is 22.4 Å². The number of nitrogens with two attached hydrogens (primary N) is 1. The van der Waals surface area contributed by atoms with Crippen LogP contribution < -0.4 is 5.73 Å². The first-order valence-electron chi connectivity index (χ1n) is 6.12. The van der Waals surface area contributed by atoms with E-state index in [0.717, 1.165) is 12.3 Å². The molecule has 84 valence electrons. The highest BCUT2D eigenvalue weighted by molar-refractivity contribution is 7.09. The minimum absolute atomic E-state index is 0.381. The highest BCUT2D eigenvalue weighted by atomic mass is 32.1. The van der Waals surface area contributed by atoms with E-state index in [0.29, 0.717) is 6.04 Å². The fourth-order valence-electron chi connectivity index (χ4n) is 2.62. The lowest BCUT2D eigenvalue weighted by Gasteiger charge is -2.24. The molecule has 1 aromatic heterocycles. The minimum Gasteiger partial charge on any atom is -0.327 e. The summed E-state index contributed by atoms with van der Waals surface area (Å²) in [6.07, 6.45) is 9.44. The zero-order valence-electron chi connectivity index (χ0n) is 9.32. The first-order chi connectivity index (χ1) is 7.34. The zero-order valence-corrected chi connectivity index (χ0v) is 10.1. The molecule has 1 nitrogen and oxygen atoms in total. The van der Waals surface area contributed by atoms with Crippen LogP contribution in [0.4, 0.5) is 0 Å². The molecule has 1 saturated carbocycles. The van der Waals surface area contributed by atoms with E-state index >= 15 is 0 Å². The molecule has 2 rings (SSSR count). The molecule has 1 fully saturated rings. The van der Waals surface area contributed by atoms with E-state index in [9.17, 15) is 0 Å². The Labute approximate surface area is 96.7 Å². The average Bonchev–Trinajstić information content (AvgIpc) is 2.71. The molecule has 1 unspecified atom stereocenters. The predicted molar refractivity (Wildman–Crippen MR) is 67.2 cm³/mol. The van der Waals surface area contributed by atoms with Gasteiger partial charge < -0.3 is 5.73 Å². The molecule has 1 heterocycles. The Hall–Kier alpha value is -0.340. The monoisotopic (exact) mass is 223 g/mol. The van der Waals surface area contributed by atoms with Gasteiger partial charge >= 0.3 is 0 Å². The van der Waals surface area contributed by atoms with Crippen LogP contribution in [0.3, 0.4) is 0 Å². The summed E-state index contributed by atoms with van der Waals surface area (Å²) in [6.45, 7) is 0. The Morgan fingerprint density at radius 3 is 2.80 bits per heavy atom. The van der Waals surface area contributed by atoms with Crippen LogP contribution in [0.15, 0.2) is 17.5 Å². The summed E-state index contributed by atoms with van der Waals surface area (Å²) < 4.78 is 0. The van der Waals surface area contributed by atoms with Crippen LogP contribution in [-0.2, 0) is 6.42 Å². The third-order valence-electron chi connectivity index (χ3n) is 3.40. The topological polar surface area (TPSA) is 26.0 Å². The molecule has 0 amide bonds. The highest BCUT2D eigenvalue weighted by Gasteiger charge is 2.16. The summed E-state index contributed by atoms with van der Waals surface area (Å²) in [4.78, 5) is 1.44. The maximum atomic E-state index is 6.20. The highest BCUT2D eigenvalue weighted by Crippen LogP contribution is 2.27. The van der Waals surface area contributed by atoms with Crippen molar-refractivity contribution in [1.29, 1.82) is 0 Å². The van der Waals surface area contributed by atoms with Gasteiger partial charge in [-0.2, -0.15) is 0 Å². The molecule has 1 aliphatic carbocycles. The molecule has 0 bridgehead atoms. The first kappa shape index (κ1) is 11.2. The minimum atomic E-state index is 0.381. The molecule has 15 heavy (non-hydrogen) atoms. The van der Waals surface area contributed by atoms with Gasteiger partial charge in [0.2, 0.25) is 0 Å². The normalized spacial score (nSPS) is 20.3. The first-order valence-corrected chi connectivity index (χ1v) is 7.00. The van der Waals surface area contributed by atoms with E-state index in [1.54, 1.807) is 0 Å². The molecule has 0 spiro atoms. The van der Waals surface area contributed by atoms with Crippen molar-refractivity contribution in [2.75, 3.05) is 0 Å². The van der Waals surface area contributed by atoms with E-state index < -0.39 is 0 Å². The quantitative estimate of drug-likeness (QED) is 0.829. The van der Waals surface area contributed by atoms with Crippen molar-refractivity contribution in [1.82, 2.24) is 0 Å². The lowest BCUT2D eigenvalue weighted by molar-refractivity contribution is 0.317. The Bertz CT molecular complexity index is 262. The van der Waals surface area contributed by atoms with E-state index in [2.05, 4.69) is 17.5 Å². The van der Waals surface area contributed by atoms with Crippen molar-refractivity contribution in [2.24, 2.45) is 11.7 Å². The van der Waals surface area contributed by atoms with E-state index in [1.807, 2.05) is 11.3 Å². The summed E-state index contributed by atoms with van der Waals surface area (Å²) in [5.41, 5.74) is 6.20. The second-order valence-corrected chi connectivity index (χ2v) is 5.82. The predicted octanol–water partition coefficient (Wildman–Crippen LogP) is 3.59. The third-order valence-corrected chi connectivity index (χ3v) is 4.30. The summed E-state index contributed by atoms with van der Waals surface area (Å²) in [7, 11) is 0. The van der Waals surface area contributed by atoms with Crippen molar-refractivity contribution in [2.45, 2.75) is 51.0 Å². The van der Waals surface area contributed by atoms with Gasteiger partial charge in [0.15, 0.2) is 0 Å². The van der Waals surface area contributed by atoms with Crippen LogP contribution in [0.5, 0.6) is 0 Å². The number of thiophene rings is 1. The molecule has 1 aliphatic rings. The smallest absolute Gasteiger partial charge is 0.00898 e. The van der Waals surface area contributed by atoms with Crippen molar-refractivity contribution < 1.29 is 0 Å². The molecule has 1 atom stereocenters. The molecule has 0 radical (unpaired) electrons. The summed E-state index contributed by atoms with van der Waals surface area (Å²) in [5.74, 6) is 0.911. The number of rotatable bonds is 4. The van der Waals surface area contributed by atoms with E-state index in [4.69, 9.17) is 5.73 Å². The van der Waals surface area contributed by atoms with Crippen LogP contribution in [0, 0.1) is 5.92 Å². The van der Waals surface area contributed by atoms with Crippen LogP contribution in [0.1, 0.15) is 43.4 Å². The maximum Gasteiger partial charge on any atom is 0.00898 e. The van der Waals surface area contributed by atoms with Gasteiger partial charge in [-0.05, 0) is 30.2 Å². The lowest BCUT2D eigenvalue weighted by Crippen LogP contribution is -2.26. The molecule has 0 saturated heterocycles. The average molecular weight is 223 g/mol. The Balaban J connectivity index is 1.74. The van der Waals surface area contributed by atoms with Crippen LogP contribution >= 0.6 is 11.3 Å². The van der Waals surface area contributed by atoms with Crippen LogP contribution in [-0.4, -0.2) is 6.04 Å². The van der Waals surface area contributed by atoms with Crippen LogP contribution in [0.25, 0.3) is 0 Å². The second kappa shape index (κ2) is 5.66. The van der Waals surface area contributed by atoms with Crippen molar-refractivity contribution in [3.8, 4) is 0 Å². The van der Waals surface area contributed by atoms with Gasteiger partial charge in [-0.1, -0.05) is 38.2 Å². The zero-order chi connectivity index (χ0) is 10.5. The SMILES string of the molecule is NC(Cc1cccs1)CC1CCCCC1. The van der Waals surface area contributed by atoms with Gasteiger partial charge in [0.05, 0.1) is 0 Å². The van der Waals surface area contributed by atoms with Crippen molar-refractivity contribution >= 4 is 11.3 Å². The van der Waals surface area contributed by atoms with Crippen LogP contribution in [0.2, 0.25) is 0 Å². The van der Waals surface area contributed by atoms with E-state index in [1.165, 1.54) is 43.4 Å². The molecular formula is C13H21NS. The Morgan fingerprint density at radius 1 is 1.33 bits per heavy atom. The van der Waals surface area contributed by atoms with Gasteiger partial charge in [0.1, 0.15) is 0 Å². The molecule has 2 heteroatoms. The largest absolute Gasteiger partial charge is 0.327 e. The van der Waals surface area contributed by atoms with Gasteiger partial charge in [0.25, 0.3) is 0 Å². The lowest BCUT2D eigenvalue weighted by atomic mass is 9.84. The van der Waals surface area contributed by atoms with Gasteiger partial charge in [-0.25, -0.2) is 0 Å². The summed E-state index contributed by atoms with van der Waals surface area (Å²) in [6, 6.07) is 4.70. The number of hydrogen-bond acceptors (Lipinski definition) is 2. The fourth-order valence-corrected chi connectivity index (χ4v) is 3.42. The Morgan fingerprint density at radius 2 is 2.13 bits per heavy atom. The third kappa shape index (κ3) is 3.62. The number of hydrogen-bond donors (Lipinski definition) is 1. The standard InChI is InChI=1S/C13H21NS/c14-12(10-13-7-4-8-15-13)9-11-5-2-1-3-6-11/h4,7-8,11-12H,1-3,5-6,9-10,14H2. The fraction of sp³-hybridized carbons (Fsp3) is 0.692. The summed E-state index contributed by atoms with van der Waals surface area (Å²) >= 11 is 1.83. The molecule has 0 aromatic carbocycles. The van der Waals surface area contributed by atoms with E-state index in [-0.39, 0.29) is 0 Å². The van der Waals surface area contributed by atoms with Gasteiger partial charge in [0, 0.05) is 10.9 Å². The molecule has 0 aliphatic heterocycles. The Kier molecular flexibility index (Phi) is 4.21.